The molecule has 2 heterocycles. The lowest BCUT2D eigenvalue weighted by molar-refractivity contribution is -0.138. The van der Waals surface area contributed by atoms with E-state index in [1.807, 2.05) is 37.3 Å². The third kappa shape index (κ3) is 4.62. The van der Waals surface area contributed by atoms with Crippen molar-refractivity contribution in [3.63, 3.8) is 0 Å². The van der Waals surface area contributed by atoms with Crippen LogP contribution in [0.15, 0.2) is 83.7 Å². The number of hydrogen-bond donors (Lipinski definition) is 1. The van der Waals surface area contributed by atoms with Gasteiger partial charge >= 0.3 is 5.97 Å². The van der Waals surface area contributed by atoms with E-state index in [-0.39, 0.29) is 12.6 Å². The molecule has 1 atom stereocenters. The molecule has 0 spiro atoms. The number of benzene rings is 2. The highest BCUT2D eigenvalue weighted by molar-refractivity contribution is 7.98. The van der Waals surface area contributed by atoms with E-state index < -0.39 is 6.04 Å². The molecule has 0 radical (unpaired) electrons. The van der Waals surface area contributed by atoms with Crippen LogP contribution in [0.5, 0.6) is 0 Å². The Hall–Kier alpha value is -3.32. The fourth-order valence-corrected chi connectivity index (χ4v) is 4.42. The highest BCUT2D eigenvalue weighted by Gasteiger charge is 2.35. The first-order valence-corrected chi connectivity index (χ1v) is 11.6. The number of allylic oxidation sites excluding steroid dienone is 1. The lowest BCUT2D eigenvalue weighted by Crippen LogP contribution is -2.29. The van der Waals surface area contributed by atoms with Crippen molar-refractivity contribution in [1.29, 1.82) is 0 Å². The second-order valence-corrected chi connectivity index (χ2v) is 8.43. The van der Waals surface area contributed by atoms with Gasteiger partial charge in [-0.1, -0.05) is 85.9 Å². The number of carbonyl (C=O) groups excluding carboxylic acids is 1. The first-order valence-electron chi connectivity index (χ1n) is 10.6. The number of aryl methyl sites for hydroxylation is 1. The minimum atomic E-state index is -0.423. The number of thioether (sulfide) groups is 1. The van der Waals surface area contributed by atoms with E-state index in [1.165, 1.54) is 11.1 Å². The molecule has 0 bridgehead atoms. The van der Waals surface area contributed by atoms with Gasteiger partial charge in [0.05, 0.1) is 5.57 Å². The number of aromatic nitrogens is 3. The molecule has 0 fully saturated rings. The van der Waals surface area contributed by atoms with Crippen LogP contribution in [0.3, 0.4) is 0 Å². The number of fused-ring (bicyclic) bond motifs is 1. The number of esters is 1. The molecule has 4 rings (SSSR count). The van der Waals surface area contributed by atoms with Crippen molar-refractivity contribution >= 4 is 23.7 Å². The van der Waals surface area contributed by atoms with Crippen LogP contribution in [0.1, 0.15) is 36.6 Å². The van der Waals surface area contributed by atoms with Crippen LogP contribution < -0.4 is 5.32 Å². The van der Waals surface area contributed by atoms with Crippen LogP contribution in [0.4, 0.5) is 5.95 Å². The number of nitrogens with zero attached hydrogens (tertiary/aromatic N) is 3. The van der Waals surface area contributed by atoms with Gasteiger partial charge in [-0.2, -0.15) is 4.98 Å². The fourth-order valence-electron chi connectivity index (χ4n) is 3.64. The molecule has 0 saturated heterocycles. The minimum Gasteiger partial charge on any atom is -0.458 e. The molecule has 164 valence electrons. The van der Waals surface area contributed by atoms with Gasteiger partial charge in [-0.05, 0) is 30.0 Å². The van der Waals surface area contributed by atoms with Gasteiger partial charge in [0.1, 0.15) is 12.6 Å². The topological polar surface area (TPSA) is 69.0 Å². The van der Waals surface area contributed by atoms with Gasteiger partial charge in [0.2, 0.25) is 11.1 Å². The average molecular weight is 447 g/mol. The van der Waals surface area contributed by atoms with E-state index in [0.29, 0.717) is 22.4 Å². The van der Waals surface area contributed by atoms with E-state index in [4.69, 9.17) is 9.84 Å². The zero-order valence-corrected chi connectivity index (χ0v) is 19.1. The van der Waals surface area contributed by atoms with Crippen molar-refractivity contribution in [3.8, 4) is 0 Å². The number of carbonyl (C=O) groups is 1. The minimum absolute atomic E-state index is 0.152. The molecule has 1 aliphatic heterocycles. The number of nitrogens with one attached hydrogen (secondary N) is 1. The molecule has 0 unspecified atom stereocenters. The van der Waals surface area contributed by atoms with Crippen molar-refractivity contribution < 1.29 is 9.53 Å². The quantitative estimate of drug-likeness (QED) is 0.293. The maximum absolute atomic E-state index is 13.0. The molecule has 1 aromatic heterocycles. The summed E-state index contributed by atoms with van der Waals surface area (Å²) in [5.74, 6) is 0.989. The molecule has 6 nitrogen and oxygen atoms in total. The number of ether oxygens (including phenoxy) is 1. The van der Waals surface area contributed by atoms with E-state index in [2.05, 4.69) is 48.1 Å². The smallest absolute Gasteiger partial charge is 0.338 e. The number of hydrogen-bond acceptors (Lipinski definition) is 6. The summed E-state index contributed by atoms with van der Waals surface area (Å²) in [4.78, 5) is 17.6. The van der Waals surface area contributed by atoms with Crippen LogP contribution in [0.25, 0.3) is 0 Å². The van der Waals surface area contributed by atoms with Crippen molar-refractivity contribution in [2.45, 2.75) is 37.2 Å². The normalized spacial score (nSPS) is 15.1. The van der Waals surface area contributed by atoms with Gasteiger partial charge < -0.3 is 10.1 Å². The van der Waals surface area contributed by atoms with E-state index >= 15 is 0 Å². The number of anilines is 1. The number of rotatable bonds is 8. The zero-order chi connectivity index (χ0) is 22.5. The standard InChI is InChI=1S/C25H26N4O2S/c1-4-15-31-23(30)21-17(3)26-24-27-25(32-16-19-9-7-6-8-10-19)28-29(24)22(21)20-13-11-18(5-2)12-14-20/h4,6-14,22H,1,5,15-16H2,2-3H3,(H,26,27,28)/t22-/m1/s1. The summed E-state index contributed by atoms with van der Waals surface area (Å²) in [6.07, 6.45) is 2.51. The highest BCUT2D eigenvalue weighted by Crippen LogP contribution is 2.37. The Morgan fingerprint density at radius 2 is 1.94 bits per heavy atom. The summed E-state index contributed by atoms with van der Waals surface area (Å²) in [7, 11) is 0. The first-order chi connectivity index (χ1) is 15.6. The molecular formula is C25H26N4O2S. The Morgan fingerprint density at radius 3 is 2.62 bits per heavy atom. The Kier molecular flexibility index (Phi) is 6.75. The highest BCUT2D eigenvalue weighted by atomic mass is 32.2. The van der Waals surface area contributed by atoms with Crippen LogP contribution in [-0.2, 0) is 21.7 Å². The first kappa shape index (κ1) is 21.9. The predicted octanol–water partition coefficient (Wildman–Crippen LogP) is 5.15. The van der Waals surface area contributed by atoms with E-state index in [0.717, 1.165) is 17.7 Å². The second kappa shape index (κ2) is 9.87. The summed E-state index contributed by atoms with van der Waals surface area (Å²) < 4.78 is 7.19. The predicted molar refractivity (Wildman–Crippen MR) is 127 cm³/mol. The molecule has 7 heteroatoms. The van der Waals surface area contributed by atoms with Gasteiger partial charge in [-0.25, -0.2) is 9.48 Å². The van der Waals surface area contributed by atoms with Crippen molar-refractivity contribution in [2.24, 2.45) is 0 Å². The van der Waals surface area contributed by atoms with Crippen molar-refractivity contribution in [2.75, 3.05) is 11.9 Å². The molecule has 3 aromatic rings. The zero-order valence-electron chi connectivity index (χ0n) is 18.2. The molecule has 0 aliphatic carbocycles. The van der Waals surface area contributed by atoms with Crippen LogP contribution in [0.2, 0.25) is 0 Å². The van der Waals surface area contributed by atoms with Crippen molar-refractivity contribution in [3.05, 3.63) is 95.2 Å². The van der Waals surface area contributed by atoms with Gasteiger partial charge in [-0.3, -0.25) is 0 Å². The maximum atomic E-state index is 13.0. The molecular weight excluding hydrogens is 420 g/mol. The Balaban J connectivity index is 1.69. The third-order valence-electron chi connectivity index (χ3n) is 5.30. The van der Waals surface area contributed by atoms with Crippen LogP contribution in [-0.4, -0.2) is 27.3 Å². The van der Waals surface area contributed by atoms with Crippen LogP contribution >= 0.6 is 11.8 Å². The lowest BCUT2D eigenvalue weighted by Gasteiger charge is -2.28. The Bertz CT molecular complexity index is 1140. The summed E-state index contributed by atoms with van der Waals surface area (Å²) in [5.41, 5.74) is 4.63. The molecule has 32 heavy (non-hydrogen) atoms. The monoisotopic (exact) mass is 446 g/mol. The van der Waals surface area contributed by atoms with Gasteiger partial charge in [-0.15, -0.1) is 5.10 Å². The third-order valence-corrected chi connectivity index (χ3v) is 6.21. The second-order valence-electron chi connectivity index (χ2n) is 7.49. The summed E-state index contributed by atoms with van der Waals surface area (Å²) in [6.45, 7) is 7.78. The summed E-state index contributed by atoms with van der Waals surface area (Å²) in [5, 5.41) is 8.65. The summed E-state index contributed by atoms with van der Waals surface area (Å²) in [6, 6.07) is 18.0. The SMILES string of the molecule is C=CCOC(=O)C1=C(C)Nc2nc(SCc3ccccc3)nn2[C@@H]1c1ccc(CC)cc1. The maximum Gasteiger partial charge on any atom is 0.338 e. The fraction of sp³-hybridized carbons (Fsp3) is 0.240. The molecule has 2 aromatic carbocycles. The van der Waals surface area contributed by atoms with Gasteiger partial charge in [0.15, 0.2) is 0 Å². The van der Waals surface area contributed by atoms with E-state index in [9.17, 15) is 4.79 Å². The average Bonchev–Trinajstić information content (AvgIpc) is 3.23. The Morgan fingerprint density at radius 1 is 1.19 bits per heavy atom. The van der Waals surface area contributed by atoms with Gasteiger partial charge in [0, 0.05) is 11.4 Å². The van der Waals surface area contributed by atoms with Crippen LogP contribution in [0, 0.1) is 0 Å². The van der Waals surface area contributed by atoms with E-state index in [1.54, 1.807) is 22.5 Å². The largest absolute Gasteiger partial charge is 0.458 e. The molecule has 0 amide bonds. The molecule has 0 saturated carbocycles. The molecule has 1 N–H and O–H groups in total. The summed E-state index contributed by atoms with van der Waals surface area (Å²) >= 11 is 1.56. The van der Waals surface area contributed by atoms with Crippen molar-refractivity contribution in [1.82, 2.24) is 14.8 Å². The Labute approximate surface area is 192 Å². The molecule has 1 aliphatic rings. The lowest BCUT2D eigenvalue weighted by atomic mass is 9.95. The van der Waals surface area contributed by atoms with Gasteiger partial charge in [0.25, 0.3) is 0 Å².